The fourth-order valence-electron chi connectivity index (χ4n) is 3.62. The number of ether oxygens (including phenoxy) is 1. The van der Waals surface area contributed by atoms with E-state index in [1.54, 1.807) is 12.1 Å². The van der Waals surface area contributed by atoms with Gasteiger partial charge in [0.25, 0.3) is 5.43 Å². The molecular formula is C22H20N2O5. The molecule has 1 aliphatic carbocycles. The molecule has 0 atom stereocenters. The predicted molar refractivity (Wildman–Crippen MR) is 107 cm³/mol. The minimum Gasteiger partial charge on any atom is -0.503 e. The van der Waals surface area contributed by atoms with Crippen LogP contribution in [0.3, 0.4) is 0 Å². The SMILES string of the molecule is O=C(O)c1nn(-c2ccccc2-c2ccccc2OC2CCCC2)cc(O)c1=O. The zero-order valence-corrected chi connectivity index (χ0v) is 15.6. The number of hydrogen-bond donors (Lipinski definition) is 2. The molecule has 7 nitrogen and oxygen atoms in total. The first-order valence-electron chi connectivity index (χ1n) is 9.46. The molecule has 0 radical (unpaired) electrons. The summed E-state index contributed by atoms with van der Waals surface area (Å²) in [4.78, 5) is 23.2. The van der Waals surface area contributed by atoms with Crippen LogP contribution in [0.25, 0.3) is 16.8 Å². The zero-order valence-electron chi connectivity index (χ0n) is 15.6. The molecule has 3 aromatic rings. The van der Waals surface area contributed by atoms with Crippen molar-refractivity contribution < 1.29 is 19.7 Å². The van der Waals surface area contributed by atoms with E-state index in [-0.39, 0.29) is 6.10 Å². The maximum absolute atomic E-state index is 11.9. The average Bonchev–Trinajstić information content (AvgIpc) is 3.23. The summed E-state index contributed by atoms with van der Waals surface area (Å²) in [6.07, 6.45) is 5.65. The molecule has 7 heteroatoms. The molecule has 2 aromatic carbocycles. The summed E-state index contributed by atoms with van der Waals surface area (Å²) in [5, 5.41) is 23.1. The van der Waals surface area contributed by atoms with E-state index in [1.807, 2.05) is 36.4 Å². The molecule has 2 N–H and O–H groups in total. The van der Waals surface area contributed by atoms with Crippen LogP contribution in [0.2, 0.25) is 0 Å². The molecule has 1 aromatic heterocycles. The molecule has 1 aliphatic rings. The van der Waals surface area contributed by atoms with Gasteiger partial charge in [0.05, 0.1) is 18.0 Å². The topological polar surface area (TPSA) is 102 Å². The van der Waals surface area contributed by atoms with Crippen molar-refractivity contribution in [3.63, 3.8) is 0 Å². The van der Waals surface area contributed by atoms with Crippen LogP contribution in [-0.2, 0) is 0 Å². The minimum absolute atomic E-state index is 0.177. The third kappa shape index (κ3) is 3.71. The van der Waals surface area contributed by atoms with E-state index >= 15 is 0 Å². The van der Waals surface area contributed by atoms with Crippen LogP contribution in [0.15, 0.2) is 59.5 Å². The highest BCUT2D eigenvalue weighted by molar-refractivity contribution is 5.85. The third-order valence-corrected chi connectivity index (χ3v) is 5.03. The largest absolute Gasteiger partial charge is 0.503 e. The lowest BCUT2D eigenvalue weighted by Gasteiger charge is -2.18. The van der Waals surface area contributed by atoms with Gasteiger partial charge in [0.2, 0.25) is 5.69 Å². The maximum atomic E-state index is 11.9. The van der Waals surface area contributed by atoms with Crippen LogP contribution < -0.4 is 10.2 Å². The van der Waals surface area contributed by atoms with E-state index < -0.39 is 22.8 Å². The fraction of sp³-hybridized carbons (Fsp3) is 0.227. The van der Waals surface area contributed by atoms with Crippen molar-refractivity contribution in [1.82, 2.24) is 9.78 Å². The number of para-hydroxylation sites is 2. The molecule has 0 unspecified atom stereocenters. The number of aromatic hydroxyl groups is 1. The number of rotatable bonds is 5. The van der Waals surface area contributed by atoms with Gasteiger partial charge in [-0.3, -0.25) is 4.79 Å². The standard InChI is InChI=1S/C22H20N2O5/c25-18-13-24(23-20(21(18)26)22(27)28)17-11-5-3-9-15(17)16-10-4-6-12-19(16)29-14-7-1-2-8-14/h3-6,9-14,25H,1-2,7-8H2,(H,27,28). The zero-order chi connectivity index (χ0) is 20.4. The van der Waals surface area contributed by atoms with Crippen molar-refractivity contribution in [2.45, 2.75) is 31.8 Å². The number of benzene rings is 2. The lowest BCUT2D eigenvalue weighted by atomic mass is 10.0. The number of carboxylic acids is 1. The van der Waals surface area contributed by atoms with E-state index in [1.165, 1.54) is 4.68 Å². The second-order valence-corrected chi connectivity index (χ2v) is 6.98. The fourth-order valence-corrected chi connectivity index (χ4v) is 3.62. The van der Waals surface area contributed by atoms with Crippen LogP contribution in [0.1, 0.15) is 36.2 Å². The van der Waals surface area contributed by atoms with Gasteiger partial charge in [-0.1, -0.05) is 36.4 Å². The van der Waals surface area contributed by atoms with Gasteiger partial charge in [-0.05, 0) is 37.8 Å². The van der Waals surface area contributed by atoms with Crippen molar-refractivity contribution >= 4 is 5.97 Å². The summed E-state index contributed by atoms with van der Waals surface area (Å²) in [5.41, 5.74) is 0.333. The lowest BCUT2D eigenvalue weighted by Crippen LogP contribution is -2.21. The summed E-state index contributed by atoms with van der Waals surface area (Å²) in [5.74, 6) is -1.44. The van der Waals surface area contributed by atoms with Gasteiger partial charge in [0, 0.05) is 11.1 Å². The predicted octanol–water partition coefficient (Wildman–Crippen LogP) is 3.62. The Morgan fingerprint density at radius 3 is 2.41 bits per heavy atom. The Morgan fingerprint density at radius 2 is 1.69 bits per heavy atom. The molecule has 1 saturated carbocycles. The highest BCUT2D eigenvalue weighted by Gasteiger charge is 2.21. The summed E-state index contributed by atoms with van der Waals surface area (Å²) in [6.45, 7) is 0. The Kier molecular flexibility index (Phi) is 5.03. The number of aromatic nitrogens is 2. The quantitative estimate of drug-likeness (QED) is 0.688. The van der Waals surface area contributed by atoms with Crippen LogP contribution in [0.5, 0.6) is 11.5 Å². The Labute approximate surface area is 166 Å². The highest BCUT2D eigenvalue weighted by atomic mass is 16.5. The number of hydrogen-bond acceptors (Lipinski definition) is 5. The van der Waals surface area contributed by atoms with Gasteiger partial charge in [0.1, 0.15) is 5.75 Å². The lowest BCUT2D eigenvalue weighted by molar-refractivity contribution is 0.0686. The number of aromatic carboxylic acids is 1. The van der Waals surface area contributed by atoms with Crippen molar-refractivity contribution in [3.05, 3.63) is 70.6 Å². The van der Waals surface area contributed by atoms with Gasteiger partial charge in [0.15, 0.2) is 5.75 Å². The molecule has 1 heterocycles. The van der Waals surface area contributed by atoms with Gasteiger partial charge < -0.3 is 14.9 Å². The van der Waals surface area contributed by atoms with Crippen LogP contribution in [0.4, 0.5) is 0 Å². The maximum Gasteiger partial charge on any atom is 0.360 e. The van der Waals surface area contributed by atoms with Crippen LogP contribution in [0, 0.1) is 0 Å². The normalized spacial score (nSPS) is 14.1. The van der Waals surface area contributed by atoms with Crippen LogP contribution >= 0.6 is 0 Å². The summed E-state index contributed by atoms with van der Waals surface area (Å²) < 4.78 is 7.44. The van der Waals surface area contributed by atoms with Crippen molar-refractivity contribution in [3.8, 4) is 28.3 Å². The van der Waals surface area contributed by atoms with E-state index in [4.69, 9.17) is 4.74 Å². The van der Waals surface area contributed by atoms with Crippen molar-refractivity contribution in [1.29, 1.82) is 0 Å². The molecule has 148 valence electrons. The van der Waals surface area contributed by atoms with Gasteiger partial charge in [-0.25, -0.2) is 9.48 Å². The van der Waals surface area contributed by atoms with E-state index in [2.05, 4.69) is 5.10 Å². The second kappa shape index (κ2) is 7.79. The van der Waals surface area contributed by atoms with E-state index in [0.29, 0.717) is 5.69 Å². The molecule has 0 bridgehead atoms. The minimum atomic E-state index is -1.50. The summed E-state index contributed by atoms with van der Waals surface area (Å²) >= 11 is 0. The third-order valence-electron chi connectivity index (χ3n) is 5.03. The molecular weight excluding hydrogens is 372 g/mol. The summed E-state index contributed by atoms with van der Waals surface area (Å²) in [7, 11) is 0. The molecule has 29 heavy (non-hydrogen) atoms. The Hall–Kier alpha value is -3.61. The average molecular weight is 392 g/mol. The van der Waals surface area contributed by atoms with Crippen molar-refractivity contribution in [2.24, 2.45) is 0 Å². The van der Waals surface area contributed by atoms with Gasteiger partial charge in [-0.2, -0.15) is 5.10 Å². The number of carboxylic acid groups (broad SMARTS) is 1. The molecule has 1 fully saturated rings. The van der Waals surface area contributed by atoms with E-state index in [9.17, 15) is 19.8 Å². The molecule has 0 spiro atoms. The first kappa shape index (κ1) is 18.7. The smallest absolute Gasteiger partial charge is 0.360 e. The monoisotopic (exact) mass is 392 g/mol. The molecule has 4 rings (SSSR count). The number of nitrogens with zero attached hydrogens (tertiary/aromatic N) is 2. The van der Waals surface area contributed by atoms with Gasteiger partial charge in [-0.15, -0.1) is 0 Å². The molecule has 0 aliphatic heterocycles. The Balaban J connectivity index is 1.84. The Morgan fingerprint density at radius 1 is 1.03 bits per heavy atom. The number of carbonyl (C=O) groups is 1. The Bertz CT molecular complexity index is 1120. The van der Waals surface area contributed by atoms with Crippen LogP contribution in [-0.4, -0.2) is 32.1 Å². The first-order chi connectivity index (χ1) is 14.0. The first-order valence-corrected chi connectivity index (χ1v) is 9.46. The van der Waals surface area contributed by atoms with Crippen molar-refractivity contribution in [2.75, 3.05) is 0 Å². The molecule has 0 saturated heterocycles. The second-order valence-electron chi connectivity index (χ2n) is 6.98. The molecule has 0 amide bonds. The highest BCUT2D eigenvalue weighted by Crippen LogP contribution is 2.36. The summed E-state index contributed by atoms with van der Waals surface area (Å²) in [6, 6.07) is 14.9. The van der Waals surface area contributed by atoms with E-state index in [0.717, 1.165) is 48.8 Å². The van der Waals surface area contributed by atoms with Gasteiger partial charge >= 0.3 is 5.97 Å².